The number of ether oxygens (including phenoxy) is 2. The number of aryl methyl sites for hydroxylation is 1. The van der Waals surface area contributed by atoms with Crippen molar-refractivity contribution < 1.29 is 14.3 Å². The van der Waals surface area contributed by atoms with Gasteiger partial charge < -0.3 is 19.4 Å². The summed E-state index contributed by atoms with van der Waals surface area (Å²) in [6.07, 6.45) is 4.61. The van der Waals surface area contributed by atoms with Crippen LogP contribution in [0, 0.1) is 0 Å². The van der Waals surface area contributed by atoms with Crippen LogP contribution in [0.25, 0.3) is 22.3 Å². The van der Waals surface area contributed by atoms with Crippen molar-refractivity contribution in [2.75, 3.05) is 13.3 Å². The molecule has 0 fully saturated rings. The molecule has 0 saturated heterocycles. The van der Waals surface area contributed by atoms with Gasteiger partial charge in [0.1, 0.15) is 11.3 Å². The molecule has 1 aromatic carbocycles. The number of benzene rings is 1. The number of hydrogen-bond donors (Lipinski definition) is 2. The molecule has 0 spiro atoms. The lowest BCUT2D eigenvalue weighted by atomic mass is 10.1. The maximum absolute atomic E-state index is 12.4. The molecule has 4 aromatic rings. The highest BCUT2D eigenvalue weighted by Crippen LogP contribution is 2.35. The molecule has 0 atom stereocenters. The average Bonchev–Trinajstić information content (AvgIpc) is 3.50. The molecule has 8 heteroatoms. The minimum Gasteiger partial charge on any atom is -0.454 e. The van der Waals surface area contributed by atoms with Gasteiger partial charge in [-0.05, 0) is 48.9 Å². The summed E-state index contributed by atoms with van der Waals surface area (Å²) in [7, 11) is 0. The topological polar surface area (TPSA) is 94.1 Å². The van der Waals surface area contributed by atoms with Gasteiger partial charge >= 0.3 is 0 Å². The Balaban J connectivity index is 1.17. The molecule has 0 radical (unpaired) electrons. The molecule has 29 heavy (non-hydrogen) atoms. The maximum atomic E-state index is 12.4. The van der Waals surface area contributed by atoms with E-state index in [0.29, 0.717) is 29.4 Å². The van der Waals surface area contributed by atoms with Gasteiger partial charge in [-0.1, -0.05) is 0 Å². The highest BCUT2D eigenvalue weighted by molar-refractivity contribution is 5.93. The summed E-state index contributed by atoms with van der Waals surface area (Å²) in [4.78, 5) is 16.8. The zero-order valence-corrected chi connectivity index (χ0v) is 15.6. The number of rotatable bonds is 6. The predicted octanol–water partition coefficient (Wildman–Crippen LogP) is 2.98. The fourth-order valence-corrected chi connectivity index (χ4v) is 3.39. The summed E-state index contributed by atoms with van der Waals surface area (Å²) in [6.45, 7) is 1.57. The Morgan fingerprint density at radius 1 is 1.17 bits per heavy atom. The van der Waals surface area contributed by atoms with Crippen molar-refractivity contribution in [1.29, 1.82) is 0 Å². The number of hydrogen-bond acceptors (Lipinski definition) is 5. The Morgan fingerprint density at radius 2 is 2.10 bits per heavy atom. The summed E-state index contributed by atoms with van der Waals surface area (Å²) in [5, 5.41) is 11.1. The van der Waals surface area contributed by atoms with Crippen molar-refractivity contribution in [1.82, 2.24) is 25.1 Å². The second-order valence-corrected chi connectivity index (χ2v) is 6.77. The molecule has 4 heterocycles. The van der Waals surface area contributed by atoms with Gasteiger partial charge in [0.2, 0.25) is 6.79 Å². The lowest BCUT2D eigenvalue weighted by Crippen LogP contribution is -2.25. The summed E-state index contributed by atoms with van der Waals surface area (Å²) >= 11 is 0. The first-order valence-corrected chi connectivity index (χ1v) is 9.41. The fraction of sp³-hybridized carbons (Fsp3) is 0.190. The van der Waals surface area contributed by atoms with Gasteiger partial charge in [-0.2, -0.15) is 5.10 Å². The standard InChI is InChI=1S/C21H19N5O3/c27-21(23-8-2-9-26-10-6-14-3-1-7-22-20(14)26)17-12-16(24-25-17)15-4-5-18-19(11-15)29-13-28-18/h1,3-7,10-12H,2,8-9,13H2,(H,23,27)(H,24,25). The molecular formula is C21H19N5O3. The van der Waals surface area contributed by atoms with Crippen LogP contribution >= 0.6 is 0 Å². The second kappa shape index (κ2) is 7.31. The Kier molecular flexibility index (Phi) is 4.36. The van der Waals surface area contributed by atoms with E-state index in [4.69, 9.17) is 9.47 Å². The van der Waals surface area contributed by atoms with E-state index in [0.717, 1.165) is 29.6 Å². The van der Waals surface area contributed by atoms with E-state index in [1.807, 2.05) is 42.6 Å². The number of amides is 1. The molecule has 1 aliphatic heterocycles. The number of nitrogens with zero attached hydrogens (tertiary/aromatic N) is 3. The fourth-order valence-electron chi connectivity index (χ4n) is 3.39. The van der Waals surface area contributed by atoms with Crippen LogP contribution < -0.4 is 14.8 Å². The quantitative estimate of drug-likeness (QED) is 0.495. The van der Waals surface area contributed by atoms with E-state index in [-0.39, 0.29) is 12.7 Å². The highest BCUT2D eigenvalue weighted by Gasteiger charge is 2.16. The molecule has 0 aliphatic carbocycles. The Morgan fingerprint density at radius 3 is 3.07 bits per heavy atom. The predicted molar refractivity (Wildman–Crippen MR) is 107 cm³/mol. The van der Waals surface area contributed by atoms with Crippen LogP contribution in [-0.4, -0.2) is 39.0 Å². The van der Waals surface area contributed by atoms with E-state index in [9.17, 15) is 4.79 Å². The van der Waals surface area contributed by atoms with Crippen molar-refractivity contribution in [3.05, 3.63) is 60.6 Å². The summed E-state index contributed by atoms with van der Waals surface area (Å²) in [5.74, 6) is 1.22. The van der Waals surface area contributed by atoms with Gasteiger partial charge in [-0.15, -0.1) is 0 Å². The first kappa shape index (κ1) is 17.3. The largest absolute Gasteiger partial charge is 0.454 e. The van der Waals surface area contributed by atoms with Crippen LogP contribution in [0.4, 0.5) is 0 Å². The Hall–Kier alpha value is -3.81. The number of nitrogens with one attached hydrogen (secondary N) is 2. The van der Waals surface area contributed by atoms with E-state index in [1.54, 1.807) is 12.3 Å². The lowest BCUT2D eigenvalue weighted by molar-refractivity contribution is 0.0947. The molecule has 146 valence electrons. The third-order valence-electron chi connectivity index (χ3n) is 4.88. The Bertz CT molecular complexity index is 1180. The van der Waals surface area contributed by atoms with Crippen LogP contribution in [-0.2, 0) is 6.54 Å². The molecule has 8 nitrogen and oxygen atoms in total. The van der Waals surface area contributed by atoms with Gasteiger partial charge in [0, 0.05) is 36.4 Å². The van der Waals surface area contributed by atoms with Crippen LogP contribution in [0.2, 0.25) is 0 Å². The van der Waals surface area contributed by atoms with Crippen LogP contribution in [0.1, 0.15) is 16.9 Å². The smallest absolute Gasteiger partial charge is 0.269 e. The van der Waals surface area contributed by atoms with Crippen LogP contribution in [0.3, 0.4) is 0 Å². The second-order valence-electron chi connectivity index (χ2n) is 6.77. The molecule has 5 rings (SSSR count). The minimum absolute atomic E-state index is 0.181. The first-order chi connectivity index (χ1) is 14.3. The number of fused-ring (bicyclic) bond motifs is 2. The molecule has 0 saturated carbocycles. The first-order valence-electron chi connectivity index (χ1n) is 9.41. The number of aromatic nitrogens is 4. The zero-order chi connectivity index (χ0) is 19.6. The molecule has 1 amide bonds. The molecule has 2 N–H and O–H groups in total. The number of H-pyrrole nitrogens is 1. The van der Waals surface area contributed by atoms with Crippen molar-refractivity contribution >= 4 is 16.9 Å². The lowest BCUT2D eigenvalue weighted by Gasteiger charge is -2.06. The highest BCUT2D eigenvalue weighted by atomic mass is 16.7. The molecule has 3 aromatic heterocycles. The van der Waals surface area contributed by atoms with E-state index >= 15 is 0 Å². The van der Waals surface area contributed by atoms with Gasteiger partial charge in [0.05, 0.1) is 5.69 Å². The number of aromatic amines is 1. The van der Waals surface area contributed by atoms with Gasteiger partial charge in [-0.25, -0.2) is 4.98 Å². The van der Waals surface area contributed by atoms with Crippen molar-refractivity contribution in [2.45, 2.75) is 13.0 Å². The van der Waals surface area contributed by atoms with Crippen molar-refractivity contribution in [3.8, 4) is 22.8 Å². The molecule has 0 bridgehead atoms. The van der Waals surface area contributed by atoms with Crippen LogP contribution in [0.15, 0.2) is 54.9 Å². The third kappa shape index (κ3) is 3.40. The van der Waals surface area contributed by atoms with Gasteiger partial charge in [0.15, 0.2) is 11.5 Å². The van der Waals surface area contributed by atoms with E-state index in [2.05, 4.69) is 25.1 Å². The van der Waals surface area contributed by atoms with Crippen LogP contribution in [0.5, 0.6) is 11.5 Å². The van der Waals surface area contributed by atoms with Gasteiger partial charge in [-0.3, -0.25) is 9.89 Å². The zero-order valence-electron chi connectivity index (χ0n) is 15.6. The summed E-state index contributed by atoms with van der Waals surface area (Å²) in [5.41, 5.74) is 2.92. The maximum Gasteiger partial charge on any atom is 0.269 e. The molecular weight excluding hydrogens is 370 g/mol. The number of pyridine rings is 1. The monoisotopic (exact) mass is 389 g/mol. The van der Waals surface area contributed by atoms with E-state index < -0.39 is 0 Å². The number of carbonyl (C=O) groups excluding carboxylic acids is 1. The summed E-state index contributed by atoms with van der Waals surface area (Å²) < 4.78 is 12.8. The molecule has 0 unspecified atom stereocenters. The minimum atomic E-state index is -0.181. The average molecular weight is 389 g/mol. The molecule has 1 aliphatic rings. The third-order valence-corrected chi connectivity index (χ3v) is 4.88. The SMILES string of the molecule is O=C(NCCCn1ccc2cccnc21)c1cc(-c2ccc3c(c2)OCO3)n[nH]1. The van der Waals surface area contributed by atoms with E-state index in [1.165, 1.54) is 0 Å². The normalized spacial score (nSPS) is 12.4. The summed E-state index contributed by atoms with van der Waals surface area (Å²) in [6, 6.07) is 13.3. The van der Waals surface area contributed by atoms with Crippen molar-refractivity contribution in [2.24, 2.45) is 0 Å². The van der Waals surface area contributed by atoms with Gasteiger partial charge in [0.25, 0.3) is 5.91 Å². The van der Waals surface area contributed by atoms with Crippen molar-refractivity contribution in [3.63, 3.8) is 0 Å². The Labute approximate surface area is 166 Å². The number of carbonyl (C=O) groups is 1.